The quantitative estimate of drug-likeness (QED) is 0.739. The summed E-state index contributed by atoms with van der Waals surface area (Å²) >= 11 is 0. The molecule has 0 spiro atoms. The maximum absolute atomic E-state index is 5.96. The van der Waals surface area contributed by atoms with Crippen LogP contribution in [0.5, 0.6) is 0 Å². The molecule has 1 heterocycles. The second kappa shape index (κ2) is 8.10. The van der Waals surface area contributed by atoms with E-state index in [1.807, 2.05) is 0 Å². The van der Waals surface area contributed by atoms with Gasteiger partial charge in [-0.25, -0.2) is 0 Å². The molecule has 0 aliphatic carbocycles. The van der Waals surface area contributed by atoms with Gasteiger partial charge >= 0.3 is 0 Å². The van der Waals surface area contributed by atoms with Gasteiger partial charge in [0.25, 0.3) is 0 Å². The molecule has 4 nitrogen and oxygen atoms in total. The molecule has 1 aliphatic heterocycles. The van der Waals surface area contributed by atoms with Crippen LogP contribution in [0.15, 0.2) is 0 Å². The van der Waals surface area contributed by atoms with Gasteiger partial charge in [0, 0.05) is 25.7 Å². The zero-order valence-corrected chi connectivity index (χ0v) is 12.6. The highest BCUT2D eigenvalue weighted by Crippen LogP contribution is 2.20. The summed E-state index contributed by atoms with van der Waals surface area (Å²) in [5.74, 6) is 0.495. The molecule has 0 aromatic rings. The number of nitrogens with two attached hydrogens (primary N) is 1. The van der Waals surface area contributed by atoms with Gasteiger partial charge in [0.1, 0.15) is 0 Å². The summed E-state index contributed by atoms with van der Waals surface area (Å²) in [5.41, 5.74) is 5.96. The van der Waals surface area contributed by atoms with Crippen molar-refractivity contribution in [3.8, 4) is 0 Å². The van der Waals surface area contributed by atoms with E-state index in [0.717, 1.165) is 13.2 Å². The van der Waals surface area contributed by atoms with Crippen molar-refractivity contribution in [2.75, 3.05) is 46.9 Å². The van der Waals surface area contributed by atoms with Crippen molar-refractivity contribution in [1.29, 1.82) is 0 Å². The van der Waals surface area contributed by atoms with Gasteiger partial charge in [-0.1, -0.05) is 13.8 Å². The minimum Gasteiger partial charge on any atom is -0.384 e. The van der Waals surface area contributed by atoms with Crippen LogP contribution in [0.25, 0.3) is 0 Å². The first-order valence-electron chi connectivity index (χ1n) is 7.27. The van der Waals surface area contributed by atoms with E-state index in [1.54, 1.807) is 7.11 Å². The third-order valence-corrected chi connectivity index (χ3v) is 4.43. The Kier molecular flexibility index (Phi) is 7.15. The minimum absolute atomic E-state index is 0.433. The third kappa shape index (κ3) is 4.19. The summed E-state index contributed by atoms with van der Waals surface area (Å²) in [5, 5.41) is 0. The average molecular weight is 257 g/mol. The normalized spacial score (nSPS) is 22.3. The van der Waals surface area contributed by atoms with Gasteiger partial charge in [-0.15, -0.1) is 0 Å². The van der Waals surface area contributed by atoms with Gasteiger partial charge in [-0.3, -0.25) is 4.90 Å². The molecule has 0 amide bonds. The van der Waals surface area contributed by atoms with Crippen LogP contribution in [0.4, 0.5) is 0 Å². The summed E-state index contributed by atoms with van der Waals surface area (Å²) in [6.45, 7) is 9.61. The molecule has 2 atom stereocenters. The van der Waals surface area contributed by atoms with Crippen molar-refractivity contribution in [1.82, 2.24) is 9.80 Å². The average Bonchev–Trinajstić information content (AvgIpc) is 2.40. The van der Waals surface area contributed by atoms with E-state index in [9.17, 15) is 0 Å². The Labute approximate surface area is 112 Å². The second-order valence-electron chi connectivity index (χ2n) is 5.57. The van der Waals surface area contributed by atoms with Gasteiger partial charge < -0.3 is 15.4 Å². The Balaban J connectivity index is 2.48. The highest BCUT2D eigenvalue weighted by atomic mass is 16.5. The molecular weight excluding hydrogens is 226 g/mol. The Morgan fingerprint density at radius 2 is 2.00 bits per heavy atom. The molecular formula is C14H31N3O. The lowest BCUT2D eigenvalue weighted by molar-refractivity contribution is 0.0509. The first-order chi connectivity index (χ1) is 8.63. The highest BCUT2D eigenvalue weighted by Gasteiger charge is 2.28. The zero-order valence-electron chi connectivity index (χ0n) is 12.6. The number of piperidine rings is 1. The predicted molar refractivity (Wildman–Crippen MR) is 76.8 cm³/mol. The number of likely N-dealkylation sites (N-methyl/N-ethyl adjacent to an activating group) is 1. The highest BCUT2D eigenvalue weighted by molar-refractivity contribution is 4.84. The van der Waals surface area contributed by atoms with Crippen LogP contribution in [0.1, 0.15) is 26.7 Å². The van der Waals surface area contributed by atoms with Gasteiger partial charge in [-0.05, 0) is 45.4 Å². The standard InChI is InChI=1S/C14H31N3O/c1-5-17-8-6-13(7-9-17)16(3)14(10-15)12(2)11-18-4/h12-14H,5-11,15H2,1-4H3. The molecule has 1 rings (SSSR count). The number of rotatable bonds is 7. The molecule has 1 aliphatic rings. The molecule has 108 valence electrons. The van der Waals surface area contributed by atoms with E-state index < -0.39 is 0 Å². The van der Waals surface area contributed by atoms with Crippen LogP contribution in [0, 0.1) is 5.92 Å². The molecule has 2 unspecified atom stereocenters. The Bertz CT molecular complexity index is 217. The maximum Gasteiger partial charge on any atom is 0.0503 e. The fraction of sp³-hybridized carbons (Fsp3) is 1.00. The number of ether oxygens (including phenoxy) is 1. The van der Waals surface area contributed by atoms with Crippen molar-refractivity contribution in [3.63, 3.8) is 0 Å². The molecule has 4 heteroatoms. The molecule has 2 N–H and O–H groups in total. The molecule has 1 saturated heterocycles. The largest absolute Gasteiger partial charge is 0.384 e. The van der Waals surface area contributed by atoms with Gasteiger partial charge in [-0.2, -0.15) is 0 Å². The number of nitrogens with zero attached hydrogens (tertiary/aromatic N) is 2. The topological polar surface area (TPSA) is 41.7 Å². The van der Waals surface area contributed by atoms with Gasteiger partial charge in [0.15, 0.2) is 0 Å². The fourth-order valence-electron chi connectivity index (χ4n) is 3.09. The number of hydrogen-bond acceptors (Lipinski definition) is 4. The first kappa shape index (κ1) is 15.9. The lowest BCUT2D eigenvalue weighted by atomic mass is 9.96. The Morgan fingerprint density at radius 3 is 2.44 bits per heavy atom. The minimum atomic E-state index is 0.433. The summed E-state index contributed by atoms with van der Waals surface area (Å²) in [6.07, 6.45) is 2.53. The predicted octanol–water partition coefficient (Wildman–Crippen LogP) is 1.01. The Hall–Kier alpha value is -0.160. The van der Waals surface area contributed by atoms with Crippen molar-refractivity contribution in [2.45, 2.75) is 38.8 Å². The van der Waals surface area contributed by atoms with Crippen molar-refractivity contribution in [3.05, 3.63) is 0 Å². The molecule has 0 bridgehead atoms. The third-order valence-electron chi connectivity index (χ3n) is 4.43. The molecule has 18 heavy (non-hydrogen) atoms. The Morgan fingerprint density at radius 1 is 1.39 bits per heavy atom. The van der Waals surface area contributed by atoms with E-state index in [4.69, 9.17) is 10.5 Å². The number of methoxy groups -OCH3 is 1. The van der Waals surface area contributed by atoms with Crippen LogP contribution >= 0.6 is 0 Å². The van der Waals surface area contributed by atoms with E-state index in [1.165, 1.54) is 32.5 Å². The van der Waals surface area contributed by atoms with Gasteiger partial charge in [0.2, 0.25) is 0 Å². The zero-order chi connectivity index (χ0) is 13.5. The van der Waals surface area contributed by atoms with Crippen molar-refractivity contribution < 1.29 is 4.74 Å². The van der Waals surface area contributed by atoms with Crippen LogP contribution in [0.2, 0.25) is 0 Å². The summed E-state index contributed by atoms with van der Waals surface area (Å²) in [6, 6.07) is 1.11. The lowest BCUT2D eigenvalue weighted by Crippen LogP contribution is -2.52. The maximum atomic E-state index is 5.96. The molecule has 0 aromatic heterocycles. The molecule has 1 fully saturated rings. The smallest absolute Gasteiger partial charge is 0.0503 e. The summed E-state index contributed by atoms with van der Waals surface area (Å²) < 4.78 is 5.27. The van der Waals surface area contributed by atoms with Crippen LogP contribution in [-0.4, -0.2) is 68.8 Å². The SMILES string of the molecule is CCN1CCC(N(C)C(CN)C(C)COC)CC1. The van der Waals surface area contributed by atoms with E-state index in [0.29, 0.717) is 18.0 Å². The molecule has 0 aromatic carbocycles. The molecule has 0 saturated carbocycles. The van der Waals surface area contributed by atoms with Crippen LogP contribution in [-0.2, 0) is 4.74 Å². The summed E-state index contributed by atoms with van der Waals surface area (Å²) in [4.78, 5) is 5.02. The first-order valence-corrected chi connectivity index (χ1v) is 7.27. The number of hydrogen-bond donors (Lipinski definition) is 1. The van der Waals surface area contributed by atoms with Crippen molar-refractivity contribution >= 4 is 0 Å². The van der Waals surface area contributed by atoms with Gasteiger partial charge in [0.05, 0.1) is 6.61 Å². The second-order valence-corrected chi connectivity index (χ2v) is 5.57. The summed E-state index contributed by atoms with van der Waals surface area (Å²) in [7, 11) is 4.00. The van der Waals surface area contributed by atoms with E-state index >= 15 is 0 Å². The lowest BCUT2D eigenvalue weighted by Gasteiger charge is -2.41. The molecule has 0 radical (unpaired) electrons. The van der Waals surface area contributed by atoms with Crippen molar-refractivity contribution in [2.24, 2.45) is 11.7 Å². The number of likely N-dealkylation sites (tertiary alicyclic amines) is 1. The van der Waals surface area contributed by atoms with Crippen LogP contribution in [0.3, 0.4) is 0 Å². The van der Waals surface area contributed by atoms with E-state index in [2.05, 4.69) is 30.7 Å². The van der Waals surface area contributed by atoms with E-state index in [-0.39, 0.29) is 0 Å². The fourth-order valence-corrected chi connectivity index (χ4v) is 3.09. The van der Waals surface area contributed by atoms with Crippen LogP contribution < -0.4 is 5.73 Å². The monoisotopic (exact) mass is 257 g/mol.